The Balaban J connectivity index is 2.69. The Bertz CT molecular complexity index is 623. The molecule has 19 heavy (non-hydrogen) atoms. The minimum Gasteiger partial charge on any atom is -0.497 e. The number of aromatic nitrogens is 2. The zero-order valence-corrected chi connectivity index (χ0v) is 11.6. The number of aryl methyl sites for hydroxylation is 1. The van der Waals surface area contributed by atoms with Gasteiger partial charge in [0.25, 0.3) is 0 Å². The normalized spacial score (nSPS) is 10.3. The lowest BCUT2D eigenvalue weighted by Crippen LogP contribution is -1.93. The van der Waals surface area contributed by atoms with E-state index in [4.69, 9.17) is 21.1 Å². The van der Waals surface area contributed by atoms with Crippen LogP contribution in [0.25, 0.3) is 11.3 Å². The summed E-state index contributed by atoms with van der Waals surface area (Å²) in [4.78, 5) is 11.2. The summed E-state index contributed by atoms with van der Waals surface area (Å²) in [6.45, 7) is 0. The van der Waals surface area contributed by atoms with Crippen molar-refractivity contribution in [3.63, 3.8) is 0 Å². The Morgan fingerprint density at radius 3 is 2.63 bits per heavy atom. The molecule has 2 rings (SSSR count). The van der Waals surface area contributed by atoms with E-state index in [-0.39, 0.29) is 5.15 Å². The standard InChI is InChI=1S/C13H13ClN2O3/c1-16-13(14)10(7-17)12(15-16)9-6-8(18-2)4-5-11(9)19-3/h4-7H,1-3H3. The number of benzene rings is 1. The number of hydrogen-bond donors (Lipinski definition) is 0. The van der Waals surface area contributed by atoms with Gasteiger partial charge in [0.05, 0.1) is 19.8 Å². The quantitative estimate of drug-likeness (QED) is 0.808. The van der Waals surface area contributed by atoms with Crippen LogP contribution >= 0.6 is 11.6 Å². The number of halogens is 1. The van der Waals surface area contributed by atoms with E-state index in [2.05, 4.69) is 5.10 Å². The fourth-order valence-corrected chi connectivity index (χ4v) is 1.99. The number of ether oxygens (including phenoxy) is 2. The molecule has 1 aromatic heterocycles. The van der Waals surface area contributed by atoms with Gasteiger partial charge in [-0.05, 0) is 18.2 Å². The van der Waals surface area contributed by atoms with Crippen molar-refractivity contribution in [3.8, 4) is 22.8 Å². The first-order valence-corrected chi connectivity index (χ1v) is 5.90. The van der Waals surface area contributed by atoms with E-state index in [1.54, 1.807) is 39.5 Å². The fraction of sp³-hybridized carbons (Fsp3) is 0.231. The number of rotatable bonds is 4. The van der Waals surface area contributed by atoms with Crippen molar-refractivity contribution >= 4 is 17.9 Å². The van der Waals surface area contributed by atoms with E-state index in [9.17, 15) is 4.79 Å². The van der Waals surface area contributed by atoms with Crippen LogP contribution in [-0.2, 0) is 7.05 Å². The zero-order valence-electron chi connectivity index (χ0n) is 10.8. The van der Waals surface area contributed by atoms with Crippen molar-refractivity contribution in [1.29, 1.82) is 0 Å². The van der Waals surface area contributed by atoms with Gasteiger partial charge in [-0.15, -0.1) is 0 Å². The summed E-state index contributed by atoms with van der Waals surface area (Å²) in [5.41, 5.74) is 1.46. The number of nitrogens with zero attached hydrogens (tertiary/aromatic N) is 2. The van der Waals surface area contributed by atoms with Gasteiger partial charge in [-0.3, -0.25) is 9.48 Å². The number of carbonyl (C=O) groups excluding carboxylic acids is 1. The van der Waals surface area contributed by atoms with Crippen LogP contribution in [0.2, 0.25) is 5.15 Å². The largest absolute Gasteiger partial charge is 0.497 e. The molecule has 1 heterocycles. The lowest BCUT2D eigenvalue weighted by atomic mass is 10.1. The molecule has 0 saturated carbocycles. The van der Waals surface area contributed by atoms with Gasteiger partial charge in [0.2, 0.25) is 0 Å². The zero-order chi connectivity index (χ0) is 14.0. The van der Waals surface area contributed by atoms with Crippen molar-refractivity contribution in [2.75, 3.05) is 14.2 Å². The molecule has 6 heteroatoms. The van der Waals surface area contributed by atoms with Gasteiger partial charge in [0, 0.05) is 12.6 Å². The molecule has 0 unspecified atom stereocenters. The van der Waals surface area contributed by atoms with Crippen LogP contribution in [0.3, 0.4) is 0 Å². The summed E-state index contributed by atoms with van der Waals surface area (Å²) in [7, 11) is 4.79. The van der Waals surface area contributed by atoms with Gasteiger partial charge in [-0.25, -0.2) is 0 Å². The molecule has 0 aliphatic rings. The molecule has 0 fully saturated rings. The van der Waals surface area contributed by atoms with Crippen LogP contribution in [0.15, 0.2) is 18.2 Å². The van der Waals surface area contributed by atoms with Crippen LogP contribution in [-0.4, -0.2) is 30.3 Å². The smallest absolute Gasteiger partial charge is 0.155 e. The van der Waals surface area contributed by atoms with Gasteiger partial charge in [0.15, 0.2) is 6.29 Å². The van der Waals surface area contributed by atoms with Gasteiger partial charge in [-0.2, -0.15) is 5.10 Å². The maximum atomic E-state index is 11.2. The Morgan fingerprint density at radius 1 is 1.32 bits per heavy atom. The summed E-state index contributed by atoms with van der Waals surface area (Å²) in [6.07, 6.45) is 0.684. The van der Waals surface area contributed by atoms with Gasteiger partial charge >= 0.3 is 0 Å². The molecule has 0 aliphatic carbocycles. The monoisotopic (exact) mass is 280 g/mol. The molecule has 100 valence electrons. The second kappa shape index (κ2) is 5.32. The van der Waals surface area contributed by atoms with Crippen molar-refractivity contribution in [2.24, 2.45) is 7.05 Å². The molecule has 0 bridgehead atoms. The highest BCUT2D eigenvalue weighted by Gasteiger charge is 2.19. The first-order chi connectivity index (χ1) is 9.12. The highest BCUT2D eigenvalue weighted by Crippen LogP contribution is 2.36. The van der Waals surface area contributed by atoms with Crippen LogP contribution in [0.5, 0.6) is 11.5 Å². The van der Waals surface area contributed by atoms with Crippen molar-refractivity contribution in [2.45, 2.75) is 0 Å². The molecule has 0 radical (unpaired) electrons. The topological polar surface area (TPSA) is 53.4 Å². The van der Waals surface area contributed by atoms with Crippen LogP contribution in [0, 0.1) is 0 Å². The Kier molecular flexibility index (Phi) is 3.76. The van der Waals surface area contributed by atoms with E-state index < -0.39 is 0 Å². The van der Waals surface area contributed by atoms with Crippen molar-refractivity contribution < 1.29 is 14.3 Å². The van der Waals surface area contributed by atoms with E-state index >= 15 is 0 Å². The first kappa shape index (κ1) is 13.4. The number of methoxy groups -OCH3 is 2. The van der Waals surface area contributed by atoms with Crippen LogP contribution in [0.4, 0.5) is 0 Å². The molecule has 0 N–H and O–H groups in total. The van der Waals surface area contributed by atoms with Crippen molar-refractivity contribution in [1.82, 2.24) is 9.78 Å². The number of carbonyl (C=O) groups is 1. The highest BCUT2D eigenvalue weighted by molar-refractivity contribution is 6.32. The lowest BCUT2D eigenvalue weighted by molar-refractivity contribution is 0.112. The Morgan fingerprint density at radius 2 is 2.05 bits per heavy atom. The predicted molar refractivity (Wildman–Crippen MR) is 72.1 cm³/mol. The molecule has 0 spiro atoms. The second-order valence-corrected chi connectivity index (χ2v) is 4.22. The maximum Gasteiger partial charge on any atom is 0.155 e. The third-order valence-electron chi connectivity index (χ3n) is 2.79. The summed E-state index contributed by atoms with van der Waals surface area (Å²) < 4.78 is 11.9. The summed E-state index contributed by atoms with van der Waals surface area (Å²) in [5, 5.41) is 4.54. The Hall–Kier alpha value is -2.01. The van der Waals surface area contributed by atoms with Gasteiger partial charge < -0.3 is 9.47 Å². The maximum absolute atomic E-state index is 11.2. The molecule has 0 atom stereocenters. The van der Waals surface area contributed by atoms with E-state index in [0.29, 0.717) is 34.6 Å². The average Bonchev–Trinajstić information content (AvgIpc) is 2.73. The number of aldehydes is 1. The molecule has 2 aromatic rings. The SMILES string of the molecule is COc1ccc(OC)c(-c2nn(C)c(Cl)c2C=O)c1. The van der Waals surface area contributed by atoms with E-state index in [0.717, 1.165) is 0 Å². The lowest BCUT2D eigenvalue weighted by Gasteiger charge is -2.08. The summed E-state index contributed by atoms with van der Waals surface area (Å²) in [6, 6.07) is 5.28. The third kappa shape index (κ3) is 2.29. The summed E-state index contributed by atoms with van der Waals surface area (Å²) >= 11 is 6.03. The molecular formula is C13H13ClN2O3. The third-order valence-corrected chi connectivity index (χ3v) is 3.24. The van der Waals surface area contributed by atoms with Gasteiger partial charge in [0.1, 0.15) is 22.3 Å². The van der Waals surface area contributed by atoms with E-state index in [1.807, 2.05) is 0 Å². The molecule has 5 nitrogen and oxygen atoms in total. The second-order valence-electron chi connectivity index (χ2n) is 3.86. The van der Waals surface area contributed by atoms with Gasteiger partial charge in [-0.1, -0.05) is 11.6 Å². The van der Waals surface area contributed by atoms with Crippen molar-refractivity contribution in [3.05, 3.63) is 28.9 Å². The van der Waals surface area contributed by atoms with Crippen LogP contribution < -0.4 is 9.47 Å². The van der Waals surface area contributed by atoms with Crippen LogP contribution in [0.1, 0.15) is 10.4 Å². The molecular weight excluding hydrogens is 268 g/mol. The minimum atomic E-state index is 0.287. The molecule has 0 aliphatic heterocycles. The van der Waals surface area contributed by atoms with E-state index in [1.165, 1.54) is 4.68 Å². The molecule has 1 aromatic carbocycles. The Labute approximate surface area is 115 Å². The minimum absolute atomic E-state index is 0.287. The summed E-state index contributed by atoms with van der Waals surface area (Å²) in [5.74, 6) is 1.24. The number of hydrogen-bond acceptors (Lipinski definition) is 4. The molecule has 0 saturated heterocycles. The first-order valence-electron chi connectivity index (χ1n) is 5.52. The molecule has 0 amide bonds. The average molecular weight is 281 g/mol. The fourth-order valence-electron chi connectivity index (χ4n) is 1.82. The highest BCUT2D eigenvalue weighted by atomic mass is 35.5. The predicted octanol–water partition coefficient (Wildman–Crippen LogP) is 2.57.